The van der Waals surface area contributed by atoms with Crippen LogP contribution in [0.5, 0.6) is 0 Å². The lowest BCUT2D eigenvalue weighted by atomic mass is 10.2. The third-order valence-corrected chi connectivity index (χ3v) is 3.41. The van der Waals surface area contributed by atoms with Crippen molar-refractivity contribution in [2.45, 2.75) is 12.7 Å². The predicted octanol–water partition coefficient (Wildman–Crippen LogP) is 1.87. The van der Waals surface area contributed by atoms with E-state index < -0.39 is 6.10 Å². The van der Waals surface area contributed by atoms with E-state index in [0.717, 1.165) is 5.56 Å². The predicted molar refractivity (Wildman–Crippen MR) is 80.1 cm³/mol. The molecule has 108 valence electrons. The molecule has 0 bridgehead atoms. The third-order valence-electron chi connectivity index (χ3n) is 2.71. The van der Waals surface area contributed by atoms with Gasteiger partial charge in [-0.05, 0) is 22.4 Å². The first-order chi connectivity index (χ1) is 9.72. The molecule has 20 heavy (non-hydrogen) atoms. The normalized spacial score (nSPS) is 12.2. The molecule has 2 rings (SSSR count). The van der Waals surface area contributed by atoms with Gasteiger partial charge in [-0.15, -0.1) is 0 Å². The Morgan fingerprint density at radius 3 is 2.85 bits per heavy atom. The first-order valence-electron chi connectivity index (χ1n) is 6.21. The molecular formula is C13H18N4O2S. The Labute approximate surface area is 121 Å². The molecule has 3 N–H and O–H groups in total. The minimum absolute atomic E-state index is 0.345. The molecule has 0 radical (unpaired) electrons. The molecule has 0 saturated heterocycles. The quantitative estimate of drug-likeness (QED) is 0.723. The van der Waals surface area contributed by atoms with Crippen molar-refractivity contribution in [3.05, 3.63) is 34.3 Å². The summed E-state index contributed by atoms with van der Waals surface area (Å²) in [7, 11) is 3.39. The summed E-state index contributed by atoms with van der Waals surface area (Å²) in [6, 6.07) is 3.70. The average Bonchev–Trinajstić information content (AvgIpc) is 2.99. The van der Waals surface area contributed by atoms with Gasteiger partial charge in [0, 0.05) is 26.8 Å². The maximum absolute atomic E-state index is 10.0. The molecule has 6 nitrogen and oxygen atoms in total. The van der Waals surface area contributed by atoms with E-state index in [1.165, 1.54) is 0 Å². The Balaban J connectivity index is 2.02. The number of aromatic nitrogens is 2. The maximum atomic E-state index is 10.0. The van der Waals surface area contributed by atoms with Gasteiger partial charge in [-0.3, -0.25) is 0 Å². The van der Waals surface area contributed by atoms with Gasteiger partial charge >= 0.3 is 0 Å². The minimum atomic E-state index is -0.555. The van der Waals surface area contributed by atoms with Crippen LogP contribution in [0.15, 0.2) is 22.9 Å². The number of anilines is 2. The molecule has 1 unspecified atom stereocenters. The molecule has 0 amide bonds. The van der Waals surface area contributed by atoms with E-state index >= 15 is 0 Å². The summed E-state index contributed by atoms with van der Waals surface area (Å²) in [5.74, 6) is 1.96. The van der Waals surface area contributed by atoms with Crippen LogP contribution in [-0.4, -0.2) is 35.8 Å². The molecule has 0 aliphatic rings. The number of aliphatic hydroxyl groups is 1. The van der Waals surface area contributed by atoms with Crippen molar-refractivity contribution in [3.8, 4) is 0 Å². The van der Waals surface area contributed by atoms with Crippen LogP contribution in [0.2, 0.25) is 0 Å². The zero-order valence-corrected chi connectivity index (χ0v) is 12.3. The number of methoxy groups -OCH3 is 1. The standard InChI is InChI=1S/C13H18N4O2S/c1-14-11-5-12(17-13(16-11)7-19-2)15-6-10(18)9-3-4-20-8-9/h3-5,8,10,18H,6-7H2,1-2H3,(H2,14,15,16,17). The fourth-order valence-corrected chi connectivity index (χ4v) is 2.40. The Morgan fingerprint density at radius 1 is 1.40 bits per heavy atom. The van der Waals surface area contributed by atoms with Gasteiger partial charge in [0.2, 0.25) is 0 Å². The van der Waals surface area contributed by atoms with E-state index in [0.29, 0.717) is 30.6 Å². The number of hydrogen-bond acceptors (Lipinski definition) is 7. The summed E-state index contributed by atoms with van der Waals surface area (Å²) in [4.78, 5) is 8.60. The lowest BCUT2D eigenvalue weighted by Gasteiger charge is -2.12. The zero-order chi connectivity index (χ0) is 14.4. The fourth-order valence-electron chi connectivity index (χ4n) is 1.69. The van der Waals surface area contributed by atoms with Crippen molar-refractivity contribution in [2.75, 3.05) is 31.3 Å². The van der Waals surface area contributed by atoms with Crippen molar-refractivity contribution in [3.63, 3.8) is 0 Å². The summed E-state index contributed by atoms with van der Waals surface area (Å²) in [6.07, 6.45) is -0.555. The topological polar surface area (TPSA) is 79.3 Å². The largest absolute Gasteiger partial charge is 0.387 e. The Hall–Kier alpha value is -1.70. The summed E-state index contributed by atoms with van der Waals surface area (Å²) >= 11 is 1.56. The number of rotatable bonds is 7. The second-order valence-electron chi connectivity index (χ2n) is 4.19. The van der Waals surface area contributed by atoms with E-state index in [9.17, 15) is 5.11 Å². The van der Waals surface area contributed by atoms with Gasteiger partial charge in [0.25, 0.3) is 0 Å². The van der Waals surface area contributed by atoms with Crippen molar-refractivity contribution in [1.29, 1.82) is 0 Å². The fraction of sp³-hybridized carbons (Fsp3) is 0.385. The number of nitrogens with zero attached hydrogens (tertiary/aromatic N) is 2. The summed E-state index contributed by atoms with van der Waals surface area (Å²) in [5.41, 5.74) is 0.905. The number of aliphatic hydroxyl groups excluding tert-OH is 1. The highest BCUT2D eigenvalue weighted by Crippen LogP contribution is 2.17. The van der Waals surface area contributed by atoms with Crippen molar-refractivity contribution in [1.82, 2.24) is 9.97 Å². The molecule has 0 aliphatic heterocycles. The van der Waals surface area contributed by atoms with Gasteiger partial charge in [-0.1, -0.05) is 0 Å². The van der Waals surface area contributed by atoms with Crippen molar-refractivity contribution < 1.29 is 9.84 Å². The van der Waals surface area contributed by atoms with Crippen LogP contribution in [0.3, 0.4) is 0 Å². The molecule has 7 heteroatoms. The minimum Gasteiger partial charge on any atom is -0.387 e. The number of hydrogen-bond donors (Lipinski definition) is 3. The van der Waals surface area contributed by atoms with Crippen LogP contribution in [0.25, 0.3) is 0 Å². The molecule has 2 heterocycles. The van der Waals surface area contributed by atoms with Crippen LogP contribution >= 0.6 is 11.3 Å². The highest BCUT2D eigenvalue weighted by Gasteiger charge is 2.09. The first kappa shape index (κ1) is 14.7. The van der Waals surface area contributed by atoms with Gasteiger partial charge in [0.05, 0.1) is 6.10 Å². The van der Waals surface area contributed by atoms with E-state index in [1.54, 1.807) is 31.6 Å². The van der Waals surface area contributed by atoms with Gasteiger partial charge in [-0.2, -0.15) is 11.3 Å². The maximum Gasteiger partial charge on any atom is 0.158 e. The first-order valence-corrected chi connectivity index (χ1v) is 7.16. The van der Waals surface area contributed by atoms with Crippen LogP contribution in [0, 0.1) is 0 Å². The molecule has 0 aliphatic carbocycles. The molecule has 0 spiro atoms. The summed E-state index contributed by atoms with van der Waals surface area (Å²) in [5, 5.41) is 20.0. The van der Waals surface area contributed by atoms with Gasteiger partial charge in [0.15, 0.2) is 5.82 Å². The highest BCUT2D eigenvalue weighted by molar-refractivity contribution is 7.07. The molecule has 0 fully saturated rings. The van der Waals surface area contributed by atoms with Gasteiger partial charge in [0.1, 0.15) is 18.2 Å². The monoisotopic (exact) mass is 294 g/mol. The Kier molecular flexibility index (Phi) is 5.28. The summed E-state index contributed by atoms with van der Waals surface area (Å²) < 4.78 is 5.04. The smallest absolute Gasteiger partial charge is 0.158 e. The van der Waals surface area contributed by atoms with Crippen LogP contribution < -0.4 is 10.6 Å². The molecular weight excluding hydrogens is 276 g/mol. The molecule has 2 aromatic rings. The SMILES string of the molecule is CNc1cc(NCC(O)c2ccsc2)nc(COC)n1. The van der Waals surface area contributed by atoms with Crippen LogP contribution in [0.1, 0.15) is 17.5 Å². The molecule has 0 saturated carbocycles. The van der Waals surface area contributed by atoms with Crippen molar-refractivity contribution in [2.24, 2.45) is 0 Å². The van der Waals surface area contributed by atoms with E-state index in [-0.39, 0.29) is 0 Å². The zero-order valence-electron chi connectivity index (χ0n) is 11.5. The molecule has 1 atom stereocenters. The number of nitrogens with one attached hydrogen (secondary N) is 2. The van der Waals surface area contributed by atoms with Gasteiger partial charge < -0.3 is 20.5 Å². The molecule has 2 aromatic heterocycles. The van der Waals surface area contributed by atoms with E-state index in [4.69, 9.17) is 4.74 Å². The Bertz CT molecular complexity index is 533. The Morgan fingerprint density at radius 2 is 2.20 bits per heavy atom. The third kappa shape index (κ3) is 3.89. The molecule has 0 aromatic carbocycles. The lowest BCUT2D eigenvalue weighted by molar-refractivity contribution is 0.178. The van der Waals surface area contributed by atoms with Crippen molar-refractivity contribution >= 4 is 23.0 Å². The average molecular weight is 294 g/mol. The van der Waals surface area contributed by atoms with Gasteiger partial charge in [-0.25, -0.2) is 9.97 Å². The lowest BCUT2D eigenvalue weighted by Crippen LogP contribution is -2.14. The van der Waals surface area contributed by atoms with Crippen LogP contribution in [0.4, 0.5) is 11.6 Å². The van der Waals surface area contributed by atoms with E-state index in [1.807, 2.05) is 16.8 Å². The number of thiophene rings is 1. The number of ether oxygens (including phenoxy) is 1. The van der Waals surface area contributed by atoms with E-state index in [2.05, 4.69) is 20.6 Å². The second-order valence-corrected chi connectivity index (χ2v) is 4.97. The second kappa shape index (κ2) is 7.18. The highest BCUT2D eigenvalue weighted by atomic mass is 32.1. The summed E-state index contributed by atoms with van der Waals surface area (Å²) in [6.45, 7) is 0.737. The van der Waals surface area contributed by atoms with Crippen LogP contribution in [-0.2, 0) is 11.3 Å².